The number of anilines is 5. The van der Waals surface area contributed by atoms with Crippen LogP contribution >= 0.6 is 22.7 Å². The summed E-state index contributed by atoms with van der Waals surface area (Å²) in [6.07, 6.45) is 0. The summed E-state index contributed by atoms with van der Waals surface area (Å²) < 4.78 is 0. The Morgan fingerprint density at radius 1 is 0.853 bits per heavy atom. The molecular formula is C24H20N6O2S2. The number of nitrogens with zero attached hydrogens (tertiary/aromatic N) is 3. The fraction of sp³-hybridized carbons (Fsp3) is 0.0833. The van der Waals surface area contributed by atoms with Crippen molar-refractivity contribution < 1.29 is 4.92 Å². The van der Waals surface area contributed by atoms with Gasteiger partial charge in [-0.25, -0.2) is 0 Å². The van der Waals surface area contributed by atoms with E-state index in [0.29, 0.717) is 27.5 Å². The Bertz CT molecular complexity index is 1410. The molecule has 4 N–H and O–H groups in total. The number of nitrogens with one attached hydrogen (secondary N) is 2. The number of nitro groups is 1. The molecule has 0 fully saturated rings. The van der Waals surface area contributed by atoms with E-state index in [9.17, 15) is 10.1 Å². The Labute approximate surface area is 204 Å². The molecule has 34 heavy (non-hydrogen) atoms. The number of nitrogen functional groups attached to an aromatic ring is 1. The number of aryl methyl sites for hydroxylation is 2. The van der Waals surface area contributed by atoms with Crippen LogP contribution in [0.15, 0.2) is 60.7 Å². The minimum atomic E-state index is -0.450. The first kappa shape index (κ1) is 24.3. The number of nitro benzene ring substituents is 1. The lowest BCUT2D eigenvalue weighted by Gasteiger charge is -2.06. The molecule has 0 aliphatic heterocycles. The van der Waals surface area contributed by atoms with Gasteiger partial charge >= 0.3 is 0 Å². The van der Waals surface area contributed by atoms with Gasteiger partial charge < -0.3 is 16.4 Å². The average molecular weight is 489 g/mol. The number of nitrogens with two attached hydrogens (primary N) is 1. The summed E-state index contributed by atoms with van der Waals surface area (Å²) in [4.78, 5) is 12.5. The summed E-state index contributed by atoms with van der Waals surface area (Å²) in [5.41, 5.74) is 8.88. The Morgan fingerprint density at radius 2 is 1.32 bits per heavy atom. The molecule has 170 valence electrons. The molecule has 0 radical (unpaired) electrons. The van der Waals surface area contributed by atoms with Crippen molar-refractivity contribution in [1.29, 1.82) is 10.5 Å². The number of thiophene rings is 2. The van der Waals surface area contributed by atoms with E-state index in [1.54, 1.807) is 35.6 Å². The molecular weight excluding hydrogens is 468 g/mol. The Kier molecular flexibility index (Phi) is 7.83. The van der Waals surface area contributed by atoms with Gasteiger partial charge in [-0.15, -0.1) is 22.7 Å². The second-order valence-corrected chi connectivity index (χ2v) is 9.55. The van der Waals surface area contributed by atoms with Crippen molar-refractivity contribution in [2.75, 3.05) is 16.4 Å². The molecule has 0 atom stereocenters. The molecule has 0 aliphatic rings. The molecule has 0 saturated heterocycles. The first-order chi connectivity index (χ1) is 16.3. The normalized spacial score (nSPS) is 9.76. The Balaban J connectivity index is 0.000000192. The van der Waals surface area contributed by atoms with Gasteiger partial charge in [0.05, 0.1) is 27.4 Å². The van der Waals surface area contributed by atoms with Crippen molar-refractivity contribution in [2.45, 2.75) is 13.8 Å². The minimum absolute atomic E-state index is 0.00700. The van der Waals surface area contributed by atoms with E-state index in [-0.39, 0.29) is 5.69 Å². The highest BCUT2D eigenvalue weighted by atomic mass is 32.1. The molecule has 4 aromatic rings. The average Bonchev–Trinajstić information content (AvgIpc) is 3.36. The number of hydrogen-bond acceptors (Lipinski definition) is 9. The van der Waals surface area contributed by atoms with Crippen LogP contribution in [-0.2, 0) is 0 Å². The summed E-state index contributed by atoms with van der Waals surface area (Å²) in [6.45, 7) is 3.86. The molecule has 0 saturated carbocycles. The van der Waals surface area contributed by atoms with E-state index >= 15 is 0 Å². The maximum Gasteiger partial charge on any atom is 0.292 e. The predicted octanol–water partition coefficient (Wildman–Crippen LogP) is 6.83. The van der Waals surface area contributed by atoms with Gasteiger partial charge in [-0.2, -0.15) is 10.5 Å². The van der Waals surface area contributed by atoms with Crippen molar-refractivity contribution in [2.24, 2.45) is 0 Å². The Morgan fingerprint density at radius 3 is 1.82 bits per heavy atom. The molecule has 0 unspecified atom stereocenters. The third-order valence-corrected chi connectivity index (χ3v) is 6.44. The second-order valence-electron chi connectivity index (χ2n) is 7.03. The smallest absolute Gasteiger partial charge is 0.292 e. The van der Waals surface area contributed by atoms with Crippen LogP contribution in [0.4, 0.5) is 32.8 Å². The lowest BCUT2D eigenvalue weighted by Crippen LogP contribution is -1.96. The number of benzene rings is 2. The molecule has 4 rings (SSSR count). The maximum atomic E-state index is 10.9. The third kappa shape index (κ3) is 5.90. The summed E-state index contributed by atoms with van der Waals surface area (Å²) in [5, 5.41) is 36.4. The quantitative estimate of drug-likeness (QED) is 0.159. The molecule has 8 nitrogen and oxygen atoms in total. The summed E-state index contributed by atoms with van der Waals surface area (Å²) in [6, 6.07) is 21.7. The van der Waals surface area contributed by atoms with Gasteiger partial charge in [0.15, 0.2) is 0 Å². The van der Waals surface area contributed by atoms with Gasteiger partial charge in [0.2, 0.25) is 0 Å². The van der Waals surface area contributed by atoms with Crippen LogP contribution in [0.3, 0.4) is 0 Å². The fourth-order valence-corrected chi connectivity index (χ4v) is 4.72. The maximum absolute atomic E-state index is 10.9. The van der Waals surface area contributed by atoms with Gasteiger partial charge in [0.25, 0.3) is 5.69 Å². The number of rotatable bonds is 5. The van der Waals surface area contributed by atoms with E-state index in [1.165, 1.54) is 17.4 Å². The fourth-order valence-electron chi connectivity index (χ4n) is 2.97. The molecule has 2 aromatic carbocycles. The van der Waals surface area contributed by atoms with Gasteiger partial charge in [-0.05, 0) is 44.2 Å². The standard InChI is InChI=1S/C12H9N3O2S.C12H11N3S/c1-8-6-9(7-13)12(18-8)14-10-4-2-3-5-11(10)15(16)17;1-8-6-9(7-13)12(16-8)15-11-5-3-2-4-10(11)14/h2-6,14H,1H3;2-6,15H,14H2,1H3. The topological polar surface area (TPSA) is 141 Å². The van der Waals surface area contributed by atoms with E-state index in [1.807, 2.05) is 44.2 Å². The van der Waals surface area contributed by atoms with Crippen LogP contribution in [-0.4, -0.2) is 4.92 Å². The zero-order valence-electron chi connectivity index (χ0n) is 18.3. The largest absolute Gasteiger partial charge is 0.397 e. The van der Waals surface area contributed by atoms with Crippen LogP contribution in [0.2, 0.25) is 0 Å². The van der Waals surface area contributed by atoms with Crippen LogP contribution in [0, 0.1) is 46.6 Å². The van der Waals surface area contributed by atoms with E-state index in [0.717, 1.165) is 20.4 Å². The second kappa shape index (κ2) is 11.0. The molecule has 0 aliphatic carbocycles. The molecule has 0 amide bonds. The first-order valence-electron chi connectivity index (χ1n) is 9.95. The molecule has 2 heterocycles. The lowest BCUT2D eigenvalue weighted by atomic mass is 10.2. The number of nitriles is 2. The molecule has 10 heteroatoms. The highest BCUT2D eigenvalue weighted by molar-refractivity contribution is 7.16. The van der Waals surface area contributed by atoms with Crippen LogP contribution < -0.4 is 16.4 Å². The van der Waals surface area contributed by atoms with Crippen molar-refractivity contribution in [1.82, 2.24) is 0 Å². The van der Waals surface area contributed by atoms with Crippen molar-refractivity contribution >= 4 is 55.4 Å². The zero-order chi connectivity index (χ0) is 24.7. The first-order valence-corrected chi connectivity index (χ1v) is 11.6. The summed E-state index contributed by atoms with van der Waals surface area (Å²) in [7, 11) is 0. The van der Waals surface area contributed by atoms with Crippen molar-refractivity contribution in [3.05, 3.63) is 91.7 Å². The van der Waals surface area contributed by atoms with Gasteiger partial charge in [0.1, 0.15) is 27.8 Å². The predicted molar refractivity (Wildman–Crippen MR) is 138 cm³/mol. The van der Waals surface area contributed by atoms with E-state index < -0.39 is 4.92 Å². The number of hydrogen-bond donors (Lipinski definition) is 3. The van der Waals surface area contributed by atoms with Gasteiger partial charge in [0, 0.05) is 15.8 Å². The summed E-state index contributed by atoms with van der Waals surface area (Å²) >= 11 is 2.95. The lowest BCUT2D eigenvalue weighted by molar-refractivity contribution is -0.383. The highest BCUT2D eigenvalue weighted by Crippen LogP contribution is 2.34. The Hall–Kier alpha value is -4.38. The van der Waals surface area contributed by atoms with E-state index in [2.05, 4.69) is 22.8 Å². The third-order valence-electron chi connectivity index (χ3n) is 4.51. The summed E-state index contributed by atoms with van der Waals surface area (Å²) in [5.74, 6) is 0. The van der Waals surface area contributed by atoms with Crippen molar-refractivity contribution in [3.8, 4) is 12.1 Å². The SMILES string of the molecule is Cc1cc(C#N)c(Nc2ccccc2N)s1.Cc1cc(C#N)c(Nc2ccccc2[N+](=O)[O-])s1. The van der Waals surface area contributed by atoms with Crippen LogP contribution in [0.25, 0.3) is 0 Å². The number of para-hydroxylation sites is 4. The monoisotopic (exact) mass is 488 g/mol. The minimum Gasteiger partial charge on any atom is -0.397 e. The van der Waals surface area contributed by atoms with Crippen LogP contribution in [0.5, 0.6) is 0 Å². The molecule has 2 aromatic heterocycles. The van der Waals surface area contributed by atoms with Gasteiger partial charge in [-0.1, -0.05) is 24.3 Å². The zero-order valence-corrected chi connectivity index (χ0v) is 20.0. The van der Waals surface area contributed by atoms with Gasteiger partial charge in [-0.3, -0.25) is 10.1 Å². The van der Waals surface area contributed by atoms with E-state index in [4.69, 9.17) is 16.3 Å². The molecule has 0 spiro atoms. The van der Waals surface area contributed by atoms with Crippen molar-refractivity contribution in [3.63, 3.8) is 0 Å². The highest BCUT2D eigenvalue weighted by Gasteiger charge is 2.15. The van der Waals surface area contributed by atoms with Crippen LogP contribution in [0.1, 0.15) is 20.9 Å². The molecule has 0 bridgehead atoms.